The summed E-state index contributed by atoms with van der Waals surface area (Å²) < 4.78 is 0. The van der Waals surface area contributed by atoms with Crippen LogP contribution < -0.4 is 5.16 Å². The van der Waals surface area contributed by atoms with Gasteiger partial charge in [-0.15, -0.1) is 0 Å². The van der Waals surface area contributed by atoms with E-state index in [0.29, 0.717) is 13.0 Å². The molecule has 1 aromatic carbocycles. The molecule has 0 fully saturated rings. The number of benzene rings is 1. The number of rotatable bonds is 5. The van der Waals surface area contributed by atoms with Crippen molar-refractivity contribution in [3.63, 3.8) is 0 Å². The first-order valence-corrected chi connectivity index (χ1v) is 4.25. The highest BCUT2D eigenvalue weighted by Crippen LogP contribution is 1.92. The Morgan fingerprint density at radius 3 is 2.77 bits per heavy atom. The zero-order valence-corrected chi connectivity index (χ0v) is 7.39. The Kier molecular flexibility index (Phi) is 4.64. The molecule has 0 aliphatic rings. The average molecular weight is 179 g/mol. The second-order valence-electron chi connectivity index (χ2n) is 2.56. The number of aliphatic hydroxyl groups is 1. The van der Waals surface area contributed by atoms with Gasteiger partial charge in [0, 0.05) is 13.0 Å². The summed E-state index contributed by atoms with van der Waals surface area (Å²) in [6.45, 7) is 0.598. The van der Waals surface area contributed by atoms with Crippen molar-refractivity contribution < 1.29 is 9.94 Å². The molecule has 3 heteroatoms. The molecule has 1 rings (SSSR count). The normalized spacial score (nSPS) is 10.5. The van der Waals surface area contributed by atoms with Crippen LogP contribution in [0.2, 0.25) is 0 Å². The molecule has 0 unspecified atom stereocenters. The Morgan fingerprint density at radius 2 is 2.08 bits per heavy atom. The van der Waals surface area contributed by atoms with Crippen molar-refractivity contribution >= 4 is 6.21 Å². The second-order valence-corrected chi connectivity index (χ2v) is 2.56. The summed E-state index contributed by atoms with van der Waals surface area (Å²) in [4.78, 5) is 4.89. The minimum atomic E-state index is 0.140. The summed E-state index contributed by atoms with van der Waals surface area (Å²) in [6, 6.07) is 9.71. The first-order valence-electron chi connectivity index (χ1n) is 4.25. The SMILES string of the molecule is OCCCO/[N+]=C/c1ccccc1. The van der Waals surface area contributed by atoms with Gasteiger partial charge in [-0.1, -0.05) is 18.2 Å². The molecule has 0 aromatic heterocycles. The van der Waals surface area contributed by atoms with Crippen LogP contribution in [-0.2, 0) is 4.84 Å². The molecule has 0 saturated heterocycles. The summed E-state index contributed by atoms with van der Waals surface area (Å²) in [5, 5.41) is 12.2. The molecule has 0 bridgehead atoms. The van der Waals surface area contributed by atoms with Gasteiger partial charge in [-0.2, -0.15) is 0 Å². The summed E-state index contributed by atoms with van der Waals surface area (Å²) in [5.74, 6) is 0. The minimum absolute atomic E-state index is 0.140. The lowest BCUT2D eigenvalue weighted by Gasteiger charge is -1.84. The quantitative estimate of drug-likeness (QED) is 0.412. The van der Waals surface area contributed by atoms with Gasteiger partial charge in [-0.25, -0.2) is 4.84 Å². The Hall–Kier alpha value is -1.35. The molecule has 0 aliphatic heterocycles. The fraction of sp³-hybridized carbons (Fsp3) is 0.300. The molecule has 0 heterocycles. The zero-order chi connectivity index (χ0) is 9.36. The van der Waals surface area contributed by atoms with Crippen molar-refractivity contribution in [1.82, 2.24) is 5.16 Å². The van der Waals surface area contributed by atoms with E-state index in [0.717, 1.165) is 5.56 Å². The third-order valence-electron chi connectivity index (χ3n) is 1.47. The van der Waals surface area contributed by atoms with Gasteiger partial charge in [0.2, 0.25) is 0 Å². The van der Waals surface area contributed by atoms with E-state index in [2.05, 4.69) is 5.16 Å². The Balaban J connectivity index is 2.25. The highest BCUT2D eigenvalue weighted by Gasteiger charge is 1.95. The molecule has 13 heavy (non-hydrogen) atoms. The predicted octanol–water partition coefficient (Wildman–Crippen LogP) is 0.755. The number of oxime groups is 1. The van der Waals surface area contributed by atoms with Gasteiger partial charge in [0.15, 0.2) is 6.61 Å². The van der Waals surface area contributed by atoms with E-state index in [4.69, 9.17) is 9.94 Å². The lowest BCUT2D eigenvalue weighted by atomic mass is 10.2. The molecule has 69 valence electrons. The smallest absolute Gasteiger partial charge is 0.309 e. The third kappa shape index (κ3) is 4.28. The topological polar surface area (TPSA) is 43.6 Å². The van der Waals surface area contributed by atoms with Crippen molar-refractivity contribution in [2.24, 2.45) is 0 Å². The van der Waals surface area contributed by atoms with Crippen LogP contribution in [0.25, 0.3) is 0 Å². The fourth-order valence-corrected chi connectivity index (χ4v) is 0.819. The molecule has 0 atom stereocenters. The first kappa shape index (κ1) is 9.74. The lowest BCUT2D eigenvalue weighted by molar-refractivity contribution is 0.0857. The van der Waals surface area contributed by atoms with Crippen LogP contribution in [0.5, 0.6) is 0 Å². The molecule has 0 saturated carbocycles. The van der Waals surface area contributed by atoms with Crippen LogP contribution >= 0.6 is 0 Å². The van der Waals surface area contributed by atoms with Crippen LogP contribution in [0.1, 0.15) is 12.0 Å². The largest absolute Gasteiger partial charge is 0.396 e. The van der Waals surface area contributed by atoms with Crippen molar-refractivity contribution in [3.05, 3.63) is 35.9 Å². The van der Waals surface area contributed by atoms with Gasteiger partial charge in [-0.3, -0.25) is 0 Å². The standard InChI is InChI=1S/C10H13NO2/c12-7-4-8-13-11-9-10-5-2-1-3-6-10/h1-3,5-6,9,12H,4,7-8H2/q+1. The maximum Gasteiger partial charge on any atom is 0.309 e. The number of hydrogen-bond acceptors (Lipinski definition) is 3. The first-order chi connectivity index (χ1) is 6.43. The van der Waals surface area contributed by atoms with Crippen LogP contribution in [0.3, 0.4) is 0 Å². The molecule has 1 aromatic rings. The van der Waals surface area contributed by atoms with Crippen molar-refractivity contribution in [2.45, 2.75) is 6.42 Å². The van der Waals surface area contributed by atoms with E-state index in [-0.39, 0.29) is 6.61 Å². The molecular weight excluding hydrogens is 166 g/mol. The van der Waals surface area contributed by atoms with Gasteiger partial charge in [0.1, 0.15) is 0 Å². The molecule has 1 radical (unpaired) electrons. The van der Waals surface area contributed by atoms with E-state index >= 15 is 0 Å². The summed E-state index contributed by atoms with van der Waals surface area (Å²) >= 11 is 0. The van der Waals surface area contributed by atoms with Crippen molar-refractivity contribution in [1.29, 1.82) is 0 Å². The van der Waals surface area contributed by atoms with E-state index < -0.39 is 0 Å². The maximum absolute atomic E-state index is 8.45. The summed E-state index contributed by atoms with van der Waals surface area (Å²) in [6.07, 6.45) is 2.27. The maximum atomic E-state index is 8.45. The second kappa shape index (κ2) is 6.20. The summed E-state index contributed by atoms with van der Waals surface area (Å²) in [5.41, 5.74) is 1.01. The predicted molar refractivity (Wildman–Crippen MR) is 51.4 cm³/mol. The Morgan fingerprint density at radius 1 is 1.31 bits per heavy atom. The van der Waals surface area contributed by atoms with E-state index in [1.807, 2.05) is 30.3 Å². The zero-order valence-electron chi connectivity index (χ0n) is 7.39. The van der Waals surface area contributed by atoms with Gasteiger partial charge in [-0.05, 0) is 12.1 Å². The minimum Gasteiger partial charge on any atom is -0.396 e. The fourth-order valence-electron chi connectivity index (χ4n) is 0.819. The number of nitrogens with zero attached hydrogens (tertiary/aromatic N) is 1. The van der Waals surface area contributed by atoms with Gasteiger partial charge in [0.25, 0.3) is 5.16 Å². The number of aliphatic hydroxyl groups excluding tert-OH is 1. The average Bonchev–Trinajstić information content (AvgIpc) is 2.19. The van der Waals surface area contributed by atoms with E-state index in [1.54, 1.807) is 6.21 Å². The van der Waals surface area contributed by atoms with Crippen LogP contribution in [-0.4, -0.2) is 24.5 Å². The molecule has 0 aliphatic carbocycles. The van der Waals surface area contributed by atoms with Crippen molar-refractivity contribution in [3.8, 4) is 0 Å². The van der Waals surface area contributed by atoms with Gasteiger partial charge < -0.3 is 5.11 Å². The highest BCUT2D eigenvalue weighted by atomic mass is 16.6. The van der Waals surface area contributed by atoms with E-state index in [1.165, 1.54) is 0 Å². The Labute approximate surface area is 77.6 Å². The van der Waals surface area contributed by atoms with E-state index in [9.17, 15) is 0 Å². The molecule has 0 amide bonds. The third-order valence-corrected chi connectivity index (χ3v) is 1.47. The Bertz CT molecular complexity index is 246. The monoisotopic (exact) mass is 179 g/mol. The van der Waals surface area contributed by atoms with Crippen molar-refractivity contribution in [2.75, 3.05) is 13.2 Å². The highest BCUT2D eigenvalue weighted by molar-refractivity contribution is 5.77. The molecule has 3 nitrogen and oxygen atoms in total. The summed E-state index contributed by atoms with van der Waals surface area (Å²) in [7, 11) is 0. The molecular formula is C10H13NO2+. The van der Waals surface area contributed by atoms with Crippen LogP contribution in [0, 0.1) is 0 Å². The number of hydrogen-bond donors (Lipinski definition) is 1. The van der Waals surface area contributed by atoms with Gasteiger partial charge in [0.05, 0.1) is 5.56 Å². The molecule has 0 spiro atoms. The lowest BCUT2D eigenvalue weighted by Crippen LogP contribution is -2.00. The van der Waals surface area contributed by atoms with Gasteiger partial charge >= 0.3 is 6.21 Å². The van der Waals surface area contributed by atoms with Crippen LogP contribution in [0.4, 0.5) is 0 Å². The van der Waals surface area contributed by atoms with Crippen LogP contribution in [0.15, 0.2) is 30.3 Å². The molecule has 1 N–H and O–H groups in total.